The molecule has 13 heteroatoms. The predicted octanol–water partition coefficient (Wildman–Crippen LogP) is 1.08. The van der Waals surface area contributed by atoms with Crippen LogP contribution in [0.1, 0.15) is 30.4 Å². The number of carbonyl (C=O) groups excluding carboxylic acids is 1. The van der Waals surface area contributed by atoms with Crippen LogP contribution in [-0.4, -0.2) is 58.4 Å². The highest BCUT2D eigenvalue weighted by Gasteiger charge is 2.38. The first-order chi connectivity index (χ1) is 13.9. The van der Waals surface area contributed by atoms with Gasteiger partial charge in [0.05, 0.1) is 18.6 Å². The Morgan fingerprint density at radius 1 is 1.23 bits per heavy atom. The quantitative estimate of drug-likeness (QED) is 0.316. The number of oxime groups is 1. The number of alkyl halides is 3. The standard InChI is InChI=1S/C15H18N4O4.C2HF3O2/c16-15(17)10-3-1-9(2-4-10)12-7-11(23-19-12)8-13(20)18-6-5-14(21)22;3-2(4,5)1(6)7/h1-4,11H,5-8H2,(H3,16,17)(H,18,20)(H,21,22);(H,6,7)/t11-;/m1./s1. The number of hydrogen-bond acceptors (Lipinski definition) is 6. The minimum absolute atomic E-state index is 0.00271. The van der Waals surface area contributed by atoms with E-state index in [1.807, 2.05) is 0 Å². The van der Waals surface area contributed by atoms with Crippen molar-refractivity contribution < 1.29 is 42.6 Å². The average molecular weight is 432 g/mol. The molecule has 164 valence electrons. The van der Waals surface area contributed by atoms with Crippen molar-refractivity contribution in [2.45, 2.75) is 31.5 Å². The molecule has 1 heterocycles. The molecule has 1 atom stereocenters. The smallest absolute Gasteiger partial charge is 0.481 e. The first-order valence-corrected chi connectivity index (χ1v) is 8.36. The Labute approximate surface area is 168 Å². The van der Waals surface area contributed by atoms with Gasteiger partial charge in [0.15, 0.2) is 0 Å². The van der Waals surface area contributed by atoms with Gasteiger partial charge in [0.1, 0.15) is 11.9 Å². The SMILES string of the molecule is N=C(N)c1ccc(C2=NO[C@@H](CC(=O)NCCC(=O)O)C2)cc1.O=C(O)C(F)(F)F. The molecule has 10 nitrogen and oxygen atoms in total. The van der Waals surface area contributed by atoms with Crippen LogP contribution in [0.3, 0.4) is 0 Å². The molecule has 0 saturated carbocycles. The van der Waals surface area contributed by atoms with E-state index >= 15 is 0 Å². The van der Waals surface area contributed by atoms with Crippen molar-refractivity contribution in [3.8, 4) is 0 Å². The van der Waals surface area contributed by atoms with Crippen molar-refractivity contribution in [1.29, 1.82) is 5.41 Å². The maximum atomic E-state index is 11.7. The molecule has 30 heavy (non-hydrogen) atoms. The van der Waals surface area contributed by atoms with E-state index < -0.39 is 18.1 Å². The van der Waals surface area contributed by atoms with Gasteiger partial charge in [0.25, 0.3) is 0 Å². The molecule has 0 aliphatic carbocycles. The van der Waals surface area contributed by atoms with Gasteiger partial charge in [-0.2, -0.15) is 13.2 Å². The van der Waals surface area contributed by atoms with Crippen LogP contribution in [-0.2, 0) is 19.2 Å². The Morgan fingerprint density at radius 2 is 1.80 bits per heavy atom. The van der Waals surface area contributed by atoms with E-state index in [1.165, 1.54) is 0 Å². The Kier molecular flexibility index (Phi) is 8.77. The molecule has 1 aliphatic heterocycles. The minimum Gasteiger partial charge on any atom is -0.481 e. The number of carbonyl (C=O) groups is 3. The van der Waals surface area contributed by atoms with Gasteiger partial charge < -0.3 is 26.1 Å². The van der Waals surface area contributed by atoms with Crippen LogP contribution in [0.4, 0.5) is 13.2 Å². The van der Waals surface area contributed by atoms with Crippen molar-refractivity contribution in [3.05, 3.63) is 35.4 Å². The van der Waals surface area contributed by atoms with E-state index in [-0.39, 0.29) is 37.2 Å². The van der Waals surface area contributed by atoms with E-state index in [2.05, 4.69) is 10.5 Å². The summed E-state index contributed by atoms with van der Waals surface area (Å²) < 4.78 is 31.7. The van der Waals surface area contributed by atoms with Gasteiger partial charge >= 0.3 is 18.1 Å². The van der Waals surface area contributed by atoms with Crippen molar-refractivity contribution >= 4 is 29.4 Å². The lowest BCUT2D eigenvalue weighted by Gasteiger charge is -2.08. The number of carboxylic acid groups (broad SMARTS) is 2. The lowest BCUT2D eigenvalue weighted by atomic mass is 10.0. The lowest BCUT2D eigenvalue weighted by Crippen LogP contribution is -2.29. The van der Waals surface area contributed by atoms with Crippen LogP contribution < -0.4 is 11.1 Å². The predicted molar refractivity (Wildman–Crippen MR) is 97.1 cm³/mol. The van der Waals surface area contributed by atoms with Gasteiger partial charge in [-0.3, -0.25) is 15.0 Å². The zero-order valence-electron chi connectivity index (χ0n) is 15.4. The third-order valence-electron chi connectivity index (χ3n) is 3.58. The zero-order valence-corrected chi connectivity index (χ0v) is 15.4. The van der Waals surface area contributed by atoms with Gasteiger partial charge in [0, 0.05) is 18.5 Å². The fourth-order valence-electron chi connectivity index (χ4n) is 2.14. The Hall–Kier alpha value is -3.64. The molecule has 1 amide bonds. The second-order valence-electron chi connectivity index (χ2n) is 5.96. The van der Waals surface area contributed by atoms with Crippen molar-refractivity contribution in [1.82, 2.24) is 5.32 Å². The lowest BCUT2D eigenvalue weighted by molar-refractivity contribution is -0.192. The van der Waals surface area contributed by atoms with Crippen LogP contribution in [0.15, 0.2) is 29.4 Å². The Morgan fingerprint density at radius 3 is 2.27 bits per heavy atom. The zero-order chi connectivity index (χ0) is 22.9. The number of nitrogens with zero attached hydrogens (tertiary/aromatic N) is 1. The summed E-state index contributed by atoms with van der Waals surface area (Å²) >= 11 is 0. The van der Waals surface area contributed by atoms with Crippen LogP contribution in [0, 0.1) is 5.41 Å². The average Bonchev–Trinajstić information content (AvgIpc) is 3.09. The van der Waals surface area contributed by atoms with E-state index in [0.29, 0.717) is 12.0 Å². The van der Waals surface area contributed by atoms with Crippen LogP contribution in [0.25, 0.3) is 0 Å². The second kappa shape index (κ2) is 10.8. The number of amides is 1. The molecule has 0 radical (unpaired) electrons. The van der Waals surface area contributed by atoms with Crippen LogP contribution in [0.2, 0.25) is 0 Å². The molecule has 0 aromatic heterocycles. The Balaban J connectivity index is 0.000000553. The summed E-state index contributed by atoms with van der Waals surface area (Å²) in [5.74, 6) is -3.98. The number of nitrogens with one attached hydrogen (secondary N) is 2. The van der Waals surface area contributed by atoms with Crippen molar-refractivity contribution in [2.75, 3.05) is 6.54 Å². The van der Waals surface area contributed by atoms with Gasteiger partial charge in [0.2, 0.25) is 5.91 Å². The number of halogens is 3. The summed E-state index contributed by atoms with van der Waals surface area (Å²) in [7, 11) is 0. The molecule has 1 aromatic carbocycles. The molecule has 2 rings (SSSR count). The normalized spacial score (nSPS) is 15.2. The number of aliphatic carboxylic acids is 2. The summed E-state index contributed by atoms with van der Waals surface area (Å²) in [6.45, 7) is 0.0983. The van der Waals surface area contributed by atoms with E-state index in [1.54, 1.807) is 24.3 Å². The molecule has 0 spiro atoms. The molecule has 0 saturated heterocycles. The molecule has 0 unspecified atom stereocenters. The summed E-state index contributed by atoms with van der Waals surface area (Å²) in [6, 6.07) is 7.06. The number of hydrogen-bond donors (Lipinski definition) is 5. The fourth-order valence-corrected chi connectivity index (χ4v) is 2.14. The number of carboxylic acids is 2. The fraction of sp³-hybridized carbons (Fsp3) is 0.353. The molecule has 6 N–H and O–H groups in total. The molecule has 0 fully saturated rings. The van der Waals surface area contributed by atoms with Crippen molar-refractivity contribution in [2.24, 2.45) is 10.9 Å². The first-order valence-electron chi connectivity index (χ1n) is 8.36. The first kappa shape index (κ1) is 24.4. The highest BCUT2D eigenvalue weighted by atomic mass is 19.4. The molecule has 1 aromatic rings. The van der Waals surface area contributed by atoms with Gasteiger partial charge in [-0.15, -0.1) is 0 Å². The topological polar surface area (TPSA) is 175 Å². The molecule has 0 bridgehead atoms. The number of benzene rings is 1. The van der Waals surface area contributed by atoms with E-state index in [0.717, 1.165) is 11.3 Å². The van der Waals surface area contributed by atoms with E-state index in [9.17, 15) is 22.8 Å². The van der Waals surface area contributed by atoms with E-state index in [4.69, 9.17) is 31.0 Å². The van der Waals surface area contributed by atoms with Crippen LogP contribution in [0.5, 0.6) is 0 Å². The van der Waals surface area contributed by atoms with Gasteiger partial charge in [-0.25, -0.2) is 4.79 Å². The third-order valence-corrected chi connectivity index (χ3v) is 3.58. The van der Waals surface area contributed by atoms with Gasteiger partial charge in [-0.05, 0) is 5.56 Å². The number of amidine groups is 1. The van der Waals surface area contributed by atoms with Crippen molar-refractivity contribution in [3.63, 3.8) is 0 Å². The summed E-state index contributed by atoms with van der Waals surface area (Å²) in [4.78, 5) is 36.2. The minimum atomic E-state index is -5.08. The Bertz CT molecular complexity index is 824. The number of nitrogen functional groups attached to an aromatic ring is 1. The number of rotatable bonds is 7. The molecule has 1 aliphatic rings. The third kappa shape index (κ3) is 8.58. The number of nitrogens with two attached hydrogens (primary N) is 1. The summed E-state index contributed by atoms with van der Waals surface area (Å²) in [5, 5.41) is 29.5. The molecular weight excluding hydrogens is 413 g/mol. The maximum Gasteiger partial charge on any atom is 0.490 e. The van der Waals surface area contributed by atoms with Crippen LogP contribution >= 0.6 is 0 Å². The largest absolute Gasteiger partial charge is 0.490 e. The summed E-state index contributed by atoms with van der Waals surface area (Å²) in [5.41, 5.74) is 7.60. The molecular formula is C17H19F3N4O6. The maximum absolute atomic E-state index is 11.7. The monoisotopic (exact) mass is 432 g/mol. The summed E-state index contributed by atoms with van der Waals surface area (Å²) in [6.07, 6.45) is -4.94. The van der Waals surface area contributed by atoms with Gasteiger partial charge in [-0.1, -0.05) is 29.4 Å². The second-order valence-corrected chi connectivity index (χ2v) is 5.96. The highest BCUT2D eigenvalue weighted by molar-refractivity contribution is 6.02. The highest BCUT2D eigenvalue weighted by Crippen LogP contribution is 2.19.